The summed E-state index contributed by atoms with van der Waals surface area (Å²) in [5.41, 5.74) is 2.99. The Hall–Kier alpha value is -2.51. The summed E-state index contributed by atoms with van der Waals surface area (Å²) in [6.07, 6.45) is 0. The summed E-state index contributed by atoms with van der Waals surface area (Å²) >= 11 is 6.56. The van der Waals surface area contributed by atoms with Crippen molar-refractivity contribution in [3.8, 4) is 5.75 Å². The second-order valence-corrected chi connectivity index (χ2v) is 8.12. The Morgan fingerprint density at radius 3 is 2.61 bits per heavy atom. The number of nitrogens with one attached hydrogen (secondary N) is 2. The van der Waals surface area contributed by atoms with E-state index in [1.54, 1.807) is 13.1 Å². The Kier molecular flexibility index (Phi) is 7.98. The van der Waals surface area contributed by atoms with Gasteiger partial charge in [-0.1, -0.05) is 23.7 Å². The van der Waals surface area contributed by atoms with Crippen LogP contribution in [0.4, 0.5) is 10.1 Å². The van der Waals surface area contributed by atoms with Gasteiger partial charge < -0.3 is 25.2 Å². The van der Waals surface area contributed by atoms with E-state index in [2.05, 4.69) is 38.5 Å². The molecule has 1 fully saturated rings. The van der Waals surface area contributed by atoms with Crippen LogP contribution in [0.15, 0.2) is 41.4 Å². The van der Waals surface area contributed by atoms with E-state index in [4.69, 9.17) is 16.3 Å². The van der Waals surface area contributed by atoms with E-state index in [0.29, 0.717) is 12.5 Å². The third-order valence-corrected chi connectivity index (χ3v) is 5.98. The molecule has 0 spiro atoms. The highest BCUT2D eigenvalue weighted by Crippen LogP contribution is 2.28. The second kappa shape index (κ2) is 10.7. The van der Waals surface area contributed by atoms with Gasteiger partial charge in [-0.25, -0.2) is 4.39 Å². The van der Waals surface area contributed by atoms with E-state index in [1.165, 1.54) is 13.2 Å². The molecule has 0 radical (unpaired) electrons. The molecule has 0 aromatic heterocycles. The molecule has 3 rings (SSSR count). The third-order valence-electron chi connectivity index (χ3n) is 5.62. The number of piperazine rings is 1. The number of rotatable bonds is 6. The fraction of sp³-hybridized carbons (Fsp3) is 0.435. The monoisotopic (exact) mass is 447 g/mol. The lowest BCUT2D eigenvalue weighted by Crippen LogP contribution is -2.45. The van der Waals surface area contributed by atoms with Crippen molar-refractivity contribution in [2.45, 2.75) is 19.5 Å². The Bertz CT molecular complexity index is 915. The fourth-order valence-electron chi connectivity index (χ4n) is 3.67. The Labute approximate surface area is 189 Å². The number of hydrogen-bond donors (Lipinski definition) is 2. The molecule has 2 N–H and O–H groups in total. The average molecular weight is 448 g/mol. The van der Waals surface area contributed by atoms with Crippen molar-refractivity contribution in [1.29, 1.82) is 0 Å². The first-order valence-corrected chi connectivity index (χ1v) is 10.8. The maximum atomic E-state index is 14.1. The smallest absolute Gasteiger partial charge is 0.191 e. The number of aliphatic imine (C=N–C) groups is 1. The molecule has 1 unspecified atom stereocenters. The molecule has 0 bridgehead atoms. The van der Waals surface area contributed by atoms with Crippen molar-refractivity contribution in [3.05, 3.63) is 58.4 Å². The van der Waals surface area contributed by atoms with Crippen molar-refractivity contribution < 1.29 is 9.13 Å². The van der Waals surface area contributed by atoms with Crippen LogP contribution in [-0.2, 0) is 6.54 Å². The quantitative estimate of drug-likeness (QED) is 0.522. The average Bonchev–Trinajstić information content (AvgIpc) is 2.77. The number of ether oxygens (including phenoxy) is 1. The Morgan fingerprint density at radius 1 is 1.23 bits per heavy atom. The molecular formula is C23H31ClFN5O. The van der Waals surface area contributed by atoms with Crippen LogP contribution < -0.4 is 20.3 Å². The molecule has 168 valence electrons. The number of hydrogen-bond acceptors (Lipinski definition) is 4. The van der Waals surface area contributed by atoms with E-state index in [1.807, 2.05) is 25.1 Å². The highest BCUT2D eigenvalue weighted by molar-refractivity contribution is 6.31. The summed E-state index contributed by atoms with van der Waals surface area (Å²) in [5.74, 6) is 0.464. The topological polar surface area (TPSA) is 52.1 Å². The van der Waals surface area contributed by atoms with Gasteiger partial charge in [0.1, 0.15) is 0 Å². The van der Waals surface area contributed by atoms with Gasteiger partial charge in [-0.15, -0.1) is 0 Å². The molecule has 0 aliphatic carbocycles. The lowest BCUT2D eigenvalue weighted by Gasteiger charge is -2.35. The molecule has 31 heavy (non-hydrogen) atoms. The number of methoxy groups -OCH3 is 1. The SMILES string of the molecule is CN=C(NCc1c(Cl)cccc1N1CCN(C)CC1)NC(C)c1ccc(OC)c(F)c1. The van der Waals surface area contributed by atoms with Crippen LogP contribution >= 0.6 is 11.6 Å². The summed E-state index contributed by atoms with van der Waals surface area (Å²) in [7, 11) is 5.31. The van der Waals surface area contributed by atoms with Gasteiger partial charge in [0.2, 0.25) is 0 Å². The molecule has 8 heteroatoms. The highest BCUT2D eigenvalue weighted by Gasteiger charge is 2.19. The van der Waals surface area contributed by atoms with Gasteiger partial charge in [0, 0.05) is 56.0 Å². The first kappa shape index (κ1) is 23.2. The largest absolute Gasteiger partial charge is 0.494 e. The van der Waals surface area contributed by atoms with Crippen LogP contribution in [0.3, 0.4) is 0 Å². The Morgan fingerprint density at radius 2 is 1.97 bits per heavy atom. The first-order chi connectivity index (χ1) is 14.9. The zero-order valence-electron chi connectivity index (χ0n) is 18.6. The number of guanidine groups is 1. The van der Waals surface area contributed by atoms with Gasteiger partial charge in [0.25, 0.3) is 0 Å². The number of halogens is 2. The van der Waals surface area contributed by atoms with E-state index in [-0.39, 0.29) is 17.6 Å². The highest BCUT2D eigenvalue weighted by atomic mass is 35.5. The fourth-order valence-corrected chi connectivity index (χ4v) is 3.91. The second-order valence-electron chi connectivity index (χ2n) is 7.71. The minimum atomic E-state index is -0.385. The van der Waals surface area contributed by atoms with Gasteiger partial charge >= 0.3 is 0 Å². The molecule has 6 nitrogen and oxygen atoms in total. The van der Waals surface area contributed by atoms with Crippen molar-refractivity contribution >= 4 is 23.2 Å². The van der Waals surface area contributed by atoms with Crippen LogP contribution in [0.5, 0.6) is 5.75 Å². The minimum Gasteiger partial charge on any atom is -0.494 e. The first-order valence-electron chi connectivity index (χ1n) is 10.4. The predicted molar refractivity (Wildman–Crippen MR) is 126 cm³/mol. The third kappa shape index (κ3) is 5.80. The lowest BCUT2D eigenvalue weighted by molar-refractivity contribution is 0.312. The number of anilines is 1. The number of likely N-dealkylation sites (N-methyl/N-ethyl adjacent to an activating group) is 1. The van der Waals surface area contributed by atoms with Crippen molar-refractivity contribution in [3.63, 3.8) is 0 Å². The summed E-state index contributed by atoms with van der Waals surface area (Å²) < 4.78 is 19.1. The van der Waals surface area contributed by atoms with E-state index < -0.39 is 0 Å². The summed E-state index contributed by atoms with van der Waals surface area (Å²) in [4.78, 5) is 9.02. The van der Waals surface area contributed by atoms with Crippen molar-refractivity contribution in [1.82, 2.24) is 15.5 Å². The lowest BCUT2D eigenvalue weighted by atomic mass is 10.1. The summed E-state index contributed by atoms with van der Waals surface area (Å²) in [6.45, 7) is 6.48. The van der Waals surface area contributed by atoms with E-state index in [9.17, 15) is 4.39 Å². The minimum absolute atomic E-state index is 0.144. The number of nitrogens with zero attached hydrogens (tertiary/aromatic N) is 3. The predicted octanol–water partition coefficient (Wildman–Crippen LogP) is 3.67. The molecule has 1 atom stereocenters. The molecule has 1 aliphatic rings. The molecule has 1 aliphatic heterocycles. The van der Waals surface area contributed by atoms with E-state index in [0.717, 1.165) is 48.0 Å². The molecule has 2 aromatic carbocycles. The molecule has 1 saturated heterocycles. The van der Waals surface area contributed by atoms with Gasteiger partial charge in [-0.2, -0.15) is 0 Å². The zero-order chi connectivity index (χ0) is 22.4. The molecule has 1 heterocycles. The van der Waals surface area contributed by atoms with Gasteiger partial charge in [-0.05, 0) is 43.8 Å². The maximum Gasteiger partial charge on any atom is 0.191 e. The zero-order valence-corrected chi connectivity index (χ0v) is 19.3. The van der Waals surface area contributed by atoms with Crippen LogP contribution in [0.2, 0.25) is 5.02 Å². The molecule has 0 saturated carbocycles. The number of benzene rings is 2. The van der Waals surface area contributed by atoms with Crippen LogP contribution in [0, 0.1) is 5.82 Å². The standard InChI is InChI=1S/C23H31ClFN5O/c1-16(17-8-9-22(31-4)20(25)14-17)28-23(26-2)27-15-18-19(24)6-5-7-21(18)30-12-10-29(3)11-13-30/h5-9,14,16H,10-13,15H2,1-4H3,(H2,26,27,28). The van der Waals surface area contributed by atoms with Crippen LogP contribution in [-0.4, -0.2) is 58.2 Å². The maximum absolute atomic E-state index is 14.1. The van der Waals surface area contributed by atoms with Crippen LogP contribution in [0.25, 0.3) is 0 Å². The molecular weight excluding hydrogens is 417 g/mol. The van der Waals surface area contributed by atoms with Crippen molar-refractivity contribution in [2.24, 2.45) is 4.99 Å². The van der Waals surface area contributed by atoms with Crippen LogP contribution in [0.1, 0.15) is 24.1 Å². The molecule has 2 aromatic rings. The van der Waals surface area contributed by atoms with Gasteiger partial charge in [0.15, 0.2) is 17.5 Å². The summed E-state index contributed by atoms with van der Waals surface area (Å²) in [5, 5.41) is 7.39. The van der Waals surface area contributed by atoms with Gasteiger partial charge in [0.05, 0.1) is 13.2 Å². The summed E-state index contributed by atoms with van der Waals surface area (Å²) in [6, 6.07) is 10.8. The van der Waals surface area contributed by atoms with Crippen molar-refractivity contribution in [2.75, 3.05) is 52.3 Å². The Balaban J connectivity index is 1.67. The van der Waals surface area contributed by atoms with E-state index >= 15 is 0 Å². The molecule has 0 amide bonds. The normalized spacial score (nSPS) is 16.2. The van der Waals surface area contributed by atoms with Gasteiger partial charge in [-0.3, -0.25) is 4.99 Å².